The van der Waals surface area contributed by atoms with Gasteiger partial charge in [-0.1, -0.05) is 30.9 Å². The second-order valence-electron chi connectivity index (χ2n) is 6.74. The Bertz CT molecular complexity index is 610. The summed E-state index contributed by atoms with van der Waals surface area (Å²) in [6.07, 6.45) is 5.44. The molecule has 1 aliphatic rings. The van der Waals surface area contributed by atoms with E-state index in [4.69, 9.17) is 16.3 Å². The van der Waals surface area contributed by atoms with Gasteiger partial charge in [-0.3, -0.25) is 9.59 Å². The fraction of sp³-hybridized carbons (Fsp3) is 0.556. The zero-order valence-corrected chi connectivity index (χ0v) is 15.2. The first-order chi connectivity index (χ1) is 11.3. The quantitative estimate of drug-likeness (QED) is 0.793. The highest BCUT2D eigenvalue weighted by Crippen LogP contribution is 2.28. The van der Waals surface area contributed by atoms with Gasteiger partial charge >= 0.3 is 0 Å². The smallest absolute Gasteiger partial charge is 0.239 e. The van der Waals surface area contributed by atoms with E-state index in [1.807, 2.05) is 0 Å². The van der Waals surface area contributed by atoms with Gasteiger partial charge in [0.05, 0.1) is 12.1 Å². The van der Waals surface area contributed by atoms with Gasteiger partial charge in [0.25, 0.3) is 0 Å². The van der Waals surface area contributed by atoms with Crippen molar-refractivity contribution in [2.75, 3.05) is 12.4 Å². The first-order valence-electron chi connectivity index (χ1n) is 8.30. The van der Waals surface area contributed by atoms with Crippen LogP contribution in [0.5, 0.6) is 5.75 Å². The summed E-state index contributed by atoms with van der Waals surface area (Å²) in [6.45, 7) is 3.26. The minimum atomic E-state index is -1.16. The monoisotopic (exact) mass is 352 g/mol. The van der Waals surface area contributed by atoms with Crippen molar-refractivity contribution in [3.8, 4) is 5.75 Å². The van der Waals surface area contributed by atoms with Crippen LogP contribution < -0.4 is 15.4 Å². The van der Waals surface area contributed by atoms with Crippen LogP contribution in [0.3, 0.4) is 0 Å². The van der Waals surface area contributed by atoms with Gasteiger partial charge in [0.15, 0.2) is 0 Å². The van der Waals surface area contributed by atoms with Gasteiger partial charge in [-0.15, -0.1) is 0 Å². The number of hydrogen-bond donors (Lipinski definition) is 2. The van der Waals surface area contributed by atoms with Crippen molar-refractivity contribution in [3.63, 3.8) is 0 Å². The van der Waals surface area contributed by atoms with E-state index in [1.54, 1.807) is 32.0 Å². The number of ether oxygens (including phenoxy) is 1. The molecule has 1 aromatic carbocycles. The summed E-state index contributed by atoms with van der Waals surface area (Å²) in [5, 5.41) is 6.16. The fourth-order valence-corrected chi connectivity index (χ4v) is 3.01. The molecular formula is C18H25ClN2O3. The lowest BCUT2D eigenvalue weighted by molar-refractivity contribution is -0.139. The Labute approximate surface area is 148 Å². The number of carbonyl (C=O) groups excluding carboxylic acids is 2. The van der Waals surface area contributed by atoms with Crippen molar-refractivity contribution in [2.24, 2.45) is 5.41 Å². The van der Waals surface area contributed by atoms with Gasteiger partial charge in [-0.2, -0.15) is 0 Å². The largest absolute Gasteiger partial charge is 0.495 e. The predicted octanol–water partition coefficient (Wildman–Crippen LogP) is 3.76. The van der Waals surface area contributed by atoms with Crippen molar-refractivity contribution < 1.29 is 14.3 Å². The van der Waals surface area contributed by atoms with E-state index in [9.17, 15) is 9.59 Å². The van der Waals surface area contributed by atoms with Crippen LogP contribution in [0, 0.1) is 5.41 Å². The average Bonchev–Trinajstić information content (AvgIpc) is 2.55. The Kier molecular flexibility index (Phi) is 6.10. The van der Waals surface area contributed by atoms with E-state index in [0.717, 1.165) is 25.7 Å². The zero-order chi connectivity index (χ0) is 17.7. The van der Waals surface area contributed by atoms with Crippen LogP contribution in [0.1, 0.15) is 46.0 Å². The molecule has 0 unspecified atom stereocenters. The van der Waals surface area contributed by atoms with Gasteiger partial charge in [-0.25, -0.2) is 0 Å². The molecule has 0 aromatic heterocycles. The number of anilines is 1. The molecule has 0 saturated heterocycles. The molecule has 1 aromatic rings. The Morgan fingerprint density at radius 1 is 1.17 bits per heavy atom. The van der Waals surface area contributed by atoms with E-state index in [1.165, 1.54) is 13.5 Å². The third kappa shape index (κ3) is 4.41. The fourth-order valence-electron chi connectivity index (χ4n) is 2.75. The molecule has 0 heterocycles. The predicted molar refractivity (Wildman–Crippen MR) is 95.4 cm³/mol. The summed E-state index contributed by atoms with van der Waals surface area (Å²) in [7, 11) is 1.53. The second kappa shape index (κ2) is 7.88. The van der Waals surface area contributed by atoms with Crippen LogP contribution in [0.25, 0.3) is 0 Å². The summed E-state index contributed by atoms with van der Waals surface area (Å²) < 4.78 is 5.09. The number of methoxy groups -OCH3 is 1. The lowest BCUT2D eigenvalue weighted by atomic mass is 9.88. The molecule has 0 bridgehead atoms. The molecule has 2 rings (SSSR count). The van der Waals surface area contributed by atoms with Gasteiger partial charge in [0, 0.05) is 11.7 Å². The van der Waals surface area contributed by atoms with Gasteiger partial charge < -0.3 is 15.4 Å². The summed E-state index contributed by atoms with van der Waals surface area (Å²) >= 11 is 6.06. The maximum atomic E-state index is 12.5. The lowest BCUT2D eigenvalue weighted by Gasteiger charge is -2.28. The molecule has 1 fully saturated rings. The minimum absolute atomic E-state index is 0.175. The van der Waals surface area contributed by atoms with Crippen LogP contribution in [0.2, 0.25) is 5.02 Å². The maximum absolute atomic E-state index is 12.5. The van der Waals surface area contributed by atoms with Crippen molar-refractivity contribution >= 4 is 29.1 Å². The van der Waals surface area contributed by atoms with E-state index in [2.05, 4.69) is 10.6 Å². The molecule has 1 aliphatic carbocycles. The van der Waals surface area contributed by atoms with Gasteiger partial charge in [-0.05, 0) is 44.9 Å². The third-order valence-electron chi connectivity index (χ3n) is 4.49. The van der Waals surface area contributed by atoms with Crippen LogP contribution >= 0.6 is 11.6 Å². The van der Waals surface area contributed by atoms with Crippen LogP contribution in [0.4, 0.5) is 5.69 Å². The highest BCUT2D eigenvalue weighted by atomic mass is 35.5. The Morgan fingerprint density at radius 3 is 2.42 bits per heavy atom. The first kappa shape index (κ1) is 18.6. The van der Waals surface area contributed by atoms with Crippen molar-refractivity contribution in [1.82, 2.24) is 5.32 Å². The average molecular weight is 353 g/mol. The highest BCUT2D eigenvalue weighted by molar-refractivity contribution is 6.32. The summed E-state index contributed by atoms with van der Waals surface area (Å²) in [5.41, 5.74) is -0.631. The Hall–Kier alpha value is -1.75. The highest BCUT2D eigenvalue weighted by Gasteiger charge is 2.37. The SMILES string of the molecule is COc1ccc(NC(=O)C(C)(C)C(=O)NC2CCCCC2)cc1Cl. The number of benzene rings is 1. The normalized spacial score (nSPS) is 15.7. The Balaban J connectivity index is 2.00. The number of carbonyl (C=O) groups is 2. The molecule has 2 amide bonds. The zero-order valence-electron chi connectivity index (χ0n) is 14.4. The number of rotatable bonds is 5. The molecule has 132 valence electrons. The first-order valence-corrected chi connectivity index (χ1v) is 8.68. The molecule has 0 spiro atoms. The molecule has 0 atom stereocenters. The van der Waals surface area contributed by atoms with Crippen LogP contribution in [-0.2, 0) is 9.59 Å². The number of halogens is 1. The summed E-state index contributed by atoms with van der Waals surface area (Å²) in [5.74, 6) is -0.0764. The molecule has 2 N–H and O–H groups in total. The van der Waals surface area contributed by atoms with Crippen molar-refractivity contribution in [2.45, 2.75) is 52.0 Å². The minimum Gasteiger partial charge on any atom is -0.495 e. The molecular weight excluding hydrogens is 328 g/mol. The maximum Gasteiger partial charge on any atom is 0.239 e. The van der Waals surface area contributed by atoms with Crippen LogP contribution in [0.15, 0.2) is 18.2 Å². The number of nitrogens with one attached hydrogen (secondary N) is 2. The standard InChI is InChI=1S/C18H25ClN2O3/c1-18(2,16(22)20-12-7-5-4-6-8-12)17(23)21-13-9-10-15(24-3)14(19)11-13/h9-12H,4-8H2,1-3H3,(H,20,22)(H,21,23). The lowest BCUT2D eigenvalue weighted by Crippen LogP contribution is -2.49. The molecule has 1 saturated carbocycles. The van der Waals surface area contributed by atoms with Crippen molar-refractivity contribution in [1.29, 1.82) is 0 Å². The van der Waals surface area contributed by atoms with E-state index >= 15 is 0 Å². The summed E-state index contributed by atoms with van der Waals surface area (Å²) in [4.78, 5) is 25.1. The third-order valence-corrected chi connectivity index (χ3v) is 4.78. The number of amides is 2. The van der Waals surface area contributed by atoms with Gasteiger partial charge in [0.2, 0.25) is 11.8 Å². The molecule has 5 nitrogen and oxygen atoms in total. The van der Waals surface area contributed by atoms with Crippen molar-refractivity contribution in [3.05, 3.63) is 23.2 Å². The second-order valence-corrected chi connectivity index (χ2v) is 7.14. The summed E-state index contributed by atoms with van der Waals surface area (Å²) in [6, 6.07) is 5.15. The molecule has 0 aliphatic heterocycles. The molecule has 24 heavy (non-hydrogen) atoms. The number of hydrogen-bond acceptors (Lipinski definition) is 3. The van der Waals surface area contributed by atoms with E-state index in [-0.39, 0.29) is 17.9 Å². The molecule has 6 heteroatoms. The van der Waals surface area contributed by atoms with Crippen LogP contribution in [-0.4, -0.2) is 25.0 Å². The van der Waals surface area contributed by atoms with Gasteiger partial charge in [0.1, 0.15) is 11.2 Å². The Morgan fingerprint density at radius 2 is 1.83 bits per heavy atom. The topological polar surface area (TPSA) is 67.4 Å². The van der Waals surface area contributed by atoms with E-state index < -0.39 is 5.41 Å². The molecule has 0 radical (unpaired) electrons. The van der Waals surface area contributed by atoms with E-state index in [0.29, 0.717) is 16.5 Å².